The third kappa shape index (κ3) is 1.35. The number of carbonyl (C=O) groups excluding carboxylic acids is 1. The molecule has 2 atom stereocenters. The molecule has 3 aliphatic rings. The average Bonchev–Trinajstić information content (AvgIpc) is 2.47. The van der Waals surface area contributed by atoms with Gasteiger partial charge in [-0.3, -0.25) is 4.79 Å². The first kappa shape index (κ1) is 9.83. The molecule has 3 saturated carbocycles. The van der Waals surface area contributed by atoms with E-state index < -0.39 is 0 Å². The van der Waals surface area contributed by atoms with Crippen molar-refractivity contribution >= 4 is 37.6 Å². The van der Waals surface area contributed by atoms with Gasteiger partial charge >= 0.3 is 0 Å². The van der Waals surface area contributed by atoms with Crippen molar-refractivity contribution in [2.24, 2.45) is 17.3 Å². The molecule has 14 heavy (non-hydrogen) atoms. The van der Waals surface area contributed by atoms with Crippen LogP contribution in [0.15, 0.2) is 0 Å². The van der Waals surface area contributed by atoms with Crippen LogP contribution in [0.5, 0.6) is 0 Å². The normalized spacial score (nSPS) is 49.4. The molecule has 3 heteroatoms. The second-order valence-corrected chi connectivity index (χ2v) is 9.26. The minimum absolute atomic E-state index is 0.213. The molecule has 2 bridgehead atoms. The minimum Gasteiger partial charge on any atom is -0.300 e. The second-order valence-electron chi connectivity index (χ2n) is 5.48. The van der Waals surface area contributed by atoms with Crippen LogP contribution in [-0.4, -0.2) is 9.02 Å². The molecule has 0 aromatic rings. The Bertz CT molecular complexity index is 282. The minimum atomic E-state index is 0.213. The predicted octanol–water partition coefficient (Wildman–Crippen LogP) is 3.64. The summed E-state index contributed by atoms with van der Waals surface area (Å²) in [6.45, 7) is 0. The van der Waals surface area contributed by atoms with E-state index in [4.69, 9.17) is 0 Å². The van der Waals surface area contributed by atoms with Crippen LogP contribution in [0.4, 0.5) is 0 Å². The largest absolute Gasteiger partial charge is 0.300 e. The van der Waals surface area contributed by atoms with E-state index >= 15 is 0 Å². The maximum atomic E-state index is 11.4. The molecule has 1 spiro atoms. The monoisotopic (exact) mass is 320 g/mol. The molecular weight excluding hydrogens is 308 g/mol. The lowest BCUT2D eigenvalue weighted by atomic mass is 9.66. The lowest BCUT2D eigenvalue weighted by Gasteiger charge is -2.39. The van der Waals surface area contributed by atoms with E-state index in [0.717, 1.165) is 12.8 Å². The molecule has 0 heterocycles. The van der Waals surface area contributed by atoms with Crippen LogP contribution in [0, 0.1) is 17.3 Å². The first-order valence-corrected chi connectivity index (χ1v) is 6.99. The van der Waals surface area contributed by atoms with Gasteiger partial charge in [0.05, 0.1) is 3.23 Å². The van der Waals surface area contributed by atoms with Gasteiger partial charge in [0.15, 0.2) is 0 Å². The van der Waals surface area contributed by atoms with E-state index in [9.17, 15) is 4.79 Å². The van der Waals surface area contributed by atoms with E-state index in [2.05, 4.69) is 31.9 Å². The fraction of sp³-hybridized carbons (Fsp3) is 0.909. The number of hydrogen-bond acceptors (Lipinski definition) is 1. The Morgan fingerprint density at radius 2 is 1.64 bits per heavy atom. The van der Waals surface area contributed by atoms with Crippen molar-refractivity contribution in [2.45, 2.75) is 41.8 Å². The Labute approximate surface area is 101 Å². The first-order valence-electron chi connectivity index (χ1n) is 5.40. The highest BCUT2D eigenvalue weighted by Crippen LogP contribution is 2.74. The molecule has 3 fully saturated rings. The smallest absolute Gasteiger partial charge is 0.133 e. The molecule has 78 valence electrons. The van der Waals surface area contributed by atoms with Gasteiger partial charge in [0.1, 0.15) is 5.78 Å². The number of alkyl halides is 2. The van der Waals surface area contributed by atoms with Crippen LogP contribution >= 0.6 is 31.9 Å². The number of Topliss-reactive ketones (excluding diaryl/α,β-unsaturated/α-hetero) is 1. The predicted molar refractivity (Wildman–Crippen MR) is 62.7 cm³/mol. The summed E-state index contributed by atoms with van der Waals surface area (Å²) in [6, 6.07) is 0. The topological polar surface area (TPSA) is 17.1 Å². The van der Waals surface area contributed by atoms with Gasteiger partial charge in [0.25, 0.3) is 0 Å². The van der Waals surface area contributed by atoms with Crippen LogP contribution in [0.3, 0.4) is 0 Å². The Balaban J connectivity index is 1.81. The van der Waals surface area contributed by atoms with Crippen LogP contribution in [0.1, 0.15) is 38.5 Å². The maximum Gasteiger partial charge on any atom is 0.133 e. The lowest BCUT2D eigenvalue weighted by molar-refractivity contribution is -0.124. The number of ketones is 1. The molecule has 3 aliphatic carbocycles. The third-order valence-corrected chi connectivity index (χ3v) is 6.51. The summed E-state index contributed by atoms with van der Waals surface area (Å²) in [7, 11) is 0. The third-order valence-electron chi connectivity index (χ3n) is 4.27. The summed E-state index contributed by atoms with van der Waals surface area (Å²) in [5.41, 5.74) is 0.487. The quantitative estimate of drug-likeness (QED) is 0.622. The molecule has 0 amide bonds. The van der Waals surface area contributed by atoms with Crippen LogP contribution < -0.4 is 0 Å². The molecule has 0 saturated heterocycles. The molecule has 1 nitrogen and oxygen atoms in total. The fourth-order valence-corrected chi connectivity index (χ4v) is 5.41. The van der Waals surface area contributed by atoms with E-state index in [1.54, 1.807) is 0 Å². The summed E-state index contributed by atoms with van der Waals surface area (Å²) >= 11 is 7.52. The van der Waals surface area contributed by atoms with Crippen LogP contribution in [-0.2, 0) is 4.79 Å². The Hall–Kier alpha value is 0.630. The molecule has 0 radical (unpaired) electrons. The maximum absolute atomic E-state index is 11.4. The number of hydrogen-bond donors (Lipinski definition) is 0. The molecule has 3 rings (SSSR count). The van der Waals surface area contributed by atoms with Gasteiger partial charge in [0, 0.05) is 12.8 Å². The fourth-order valence-electron chi connectivity index (χ4n) is 3.69. The van der Waals surface area contributed by atoms with Crippen molar-refractivity contribution in [1.82, 2.24) is 0 Å². The van der Waals surface area contributed by atoms with E-state index in [1.807, 2.05) is 0 Å². The summed E-state index contributed by atoms with van der Waals surface area (Å²) in [6.07, 6.45) is 6.78. The average molecular weight is 322 g/mol. The number of carbonyl (C=O) groups is 1. The molecule has 0 aromatic heterocycles. The van der Waals surface area contributed by atoms with Crippen molar-refractivity contribution in [3.05, 3.63) is 0 Å². The van der Waals surface area contributed by atoms with E-state index in [0.29, 0.717) is 23.0 Å². The van der Waals surface area contributed by atoms with E-state index in [1.165, 1.54) is 25.7 Å². The first-order chi connectivity index (χ1) is 6.51. The second kappa shape index (κ2) is 2.85. The van der Waals surface area contributed by atoms with Crippen molar-refractivity contribution in [3.8, 4) is 0 Å². The Morgan fingerprint density at radius 1 is 1.14 bits per heavy atom. The van der Waals surface area contributed by atoms with Gasteiger partial charge in [-0.15, -0.1) is 0 Å². The molecular formula is C11H14Br2O. The van der Waals surface area contributed by atoms with Crippen molar-refractivity contribution in [1.29, 1.82) is 0 Å². The number of rotatable bonds is 0. The Kier molecular flexibility index (Phi) is 2.00. The van der Waals surface area contributed by atoms with Gasteiger partial charge in [0.2, 0.25) is 0 Å². The van der Waals surface area contributed by atoms with Crippen LogP contribution in [0.2, 0.25) is 0 Å². The highest BCUT2D eigenvalue weighted by atomic mass is 79.9. The van der Waals surface area contributed by atoms with Crippen molar-refractivity contribution in [3.63, 3.8) is 0 Å². The number of halogens is 2. The van der Waals surface area contributed by atoms with Gasteiger partial charge in [-0.1, -0.05) is 31.9 Å². The van der Waals surface area contributed by atoms with E-state index in [-0.39, 0.29) is 3.23 Å². The molecule has 0 aliphatic heterocycles. The summed E-state index contributed by atoms with van der Waals surface area (Å²) in [4.78, 5) is 11.4. The van der Waals surface area contributed by atoms with Gasteiger partial charge in [-0.05, 0) is 42.9 Å². The highest BCUT2D eigenvalue weighted by molar-refractivity contribution is 9.25. The van der Waals surface area contributed by atoms with Crippen molar-refractivity contribution in [2.75, 3.05) is 0 Å². The van der Waals surface area contributed by atoms with Gasteiger partial charge in [-0.2, -0.15) is 0 Å². The lowest BCUT2D eigenvalue weighted by Crippen LogP contribution is -2.33. The zero-order valence-corrected chi connectivity index (χ0v) is 11.2. The zero-order valence-electron chi connectivity index (χ0n) is 8.06. The Morgan fingerprint density at radius 3 is 2.07 bits per heavy atom. The zero-order chi connectivity index (χ0) is 9.97. The molecule has 0 aromatic carbocycles. The summed E-state index contributed by atoms with van der Waals surface area (Å²) < 4.78 is 0.213. The van der Waals surface area contributed by atoms with Crippen molar-refractivity contribution < 1.29 is 4.79 Å². The molecule has 0 N–H and O–H groups in total. The molecule has 2 unspecified atom stereocenters. The highest BCUT2D eigenvalue weighted by Gasteiger charge is 2.67. The summed E-state index contributed by atoms with van der Waals surface area (Å²) in [5.74, 6) is 1.88. The van der Waals surface area contributed by atoms with Crippen LogP contribution in [0.25, 0.3) is 0 Å². The summed E-state index contributed by atoms with van der Waals surface area (Å²) in [5, 5.41) is 0. The van der Waals surface area contributed by atoms with Gasteiger partial charge < -0.3 is 0 Å². The number of fused-ring (bicyclic) bond motifs is 2. The SMILES string of the molecule is O=C1CC2CC(C1)CC1(C2)CC1(Br)Br. The standard InChI is InChI=1S/C11H14Br2O/c12-11(13)6-10(11)4-7-1-8(5-10)3-9(14)2-7/h7-8H,1-6H2. The van der Waals surface area contributed by atoms with Gasteiger partial charge in [-0.25, -0.2) is 0 Å².